The van der Waals surface area contributed by atoms with Crippen molar-refractivity contribution in [3.05, 3.63) is 12.1 Å². The van der Waals surface area contributed by atoms with E-state index in [1.54, 1.807) is 21.3 Å². The predicted octanol–water partition coefficient (Wildman–Crippen LogP) is 2.15. The van der Waals surface area contributed by atoms with E-state index in [2.05, 4.69) is 17.1 Å². The molecule has 1 saturated heterocycles. The van der Waals surface area contributed by atoms with Crippen LogP contribution in [0.4, 0.5) is 5.69 Å². The summed E-state index contributed by atoms with van der Waals surface area (Å²) in [5, 5.41) is 3.39. The number of rotatable bonds is 5. The van der Waals surface area contributed by atoms with E-state index < -0.39 is 0 Å². The third-order valence-corrected chi connectivity index (χ3v) is 4.29. The van der Waals surface area contributed by atoms with Gasteiger partial charge < -0.3 is 24.4 Å². The molecule has 0 aromatic heterocycles. The lowest BCUT2D eigenvalue weighted by Crippen LogP contribution is -2.47. The molecule has 1 aromatic carbocycles. The second kappa shape index (κ2) is 6.89. The van der Waals surface area contributed by atoms with Gasteiger partial charge in [0, 0.05) is 37.0 Å². The number of hydrogen-bond acceptors (Lipinski definition) is 5. The molecule has 0 amide bonds. The number of nitrogens with one attached hydrogen (secondary N) is 1. The van der Waals surface area contributed by atoms with Gasteiger partial charge >= 0.3 is 0 Å². The summed E-state index contributed by atoms with van der Waals surface area (Å²) in [4.78, 5) is 2.38. The summed E-state index contributed by atoms with van der Waals surface area (Å²) in [6.07, 6.45) is 1.13. The molecule has 5 nitrogen and oxygen atoms in total. The summed E-state index contributed by atoms with van der Waals surface area (Å²) in [7, 11) is 6.96. The molecule has 2 rings (SSSR count). The first-order valence-electron chi connectivity index (χ1n) is 7.36. The van der Waals surface area contributed by atoms with Crippen LogP contribution in [0, 0.1) is 5.92 Å². The number of anilines is 1. The molecule has 0 radical (unpaired) electrons. The molecule has 2 unspecified atom stereocenters. The van der Waals surface area contributed by atoms with Crippen LogP contribution in [0.5, 0.6) is 17.2 Å². The minimum absolute atomic E-state index is 0.586. The molecule has 1 fully saturated rings. The lowest BCUT2D eigenvalue weighted by molar-refractivity contribution is 0.322. The Labute approximate surface area is 127 Å². The highest BCUT2D eigenvalue weighted by molar-refractivity contribution is 5.63. The summed E-state index contributed by atoms with van der Waals surface area (Å²) >= 11 is 0. The van der Waals surface area contributed by atoms with Crippen LogP contribution in [0.1, 0.15) is 13.3 Å². The average molecular weight is 294 g/mol. The fourth-order valence-corrected chi connectivity index (χ4v) is 3.06. The fourth-order valence-electron chi connectivity index (χ4n) is 3.06. The lowest BCUT2D eigenvalue weighted by atomic mass is 9.93. The maximum Gasteiger partial charge on any atom is 0.203 e. The molecule has 2 atom stereocenters. The van der Waals surface area contributed by atoms with Gasteiger partial charge in [-0.05, 0) is 19.4 Å². The fraction of sp³-hybridized carbons (Fsp3) is 0.625. The third kappa shape index (κ3) is 3.18. The van der Waals surface area contributed by atoms with Crippen LogP contribution in [-0.4, -0.2) is 47.5 Å². The van der Waals surface area contributed by atoms with Gasteiger partial charge in [-0.25, -0.2) is 0 Å². The number of nitrogens with zero attached hydrogens (tertiary/aromatic N) is 1. The van der Waals surface area contributed by atoms with Crippen LogP contribution >= 0.6 is 0 Å². The van der Waals surface area contributed by atoms with Gasteiger partial charge in [0.2, 0.25) is 5.75 Å². The average Bonchev–Trinajstić information content (AvgIpc) is 2.53. The van der Waals surface area contributed by atoms with E-state index in [1.165, 1.54) is 0 Å². The molecule has 1 aliphatic rings. The number of benzene rings is 1. The van der Waals surface area contributed by atoms with E-state index in [1.807, 2.05) is 19.2 Å². The van der Waals surface area contributed by atoms with Crippen LogP contribution < -0.4 is 24.4 Å². The van der Waals surface area contributed by atoms with Gasteiger partial charge in [0.05, 0.1) is 21.3 Å². The van der Waals surface area contributed by atoms with Crippen molar-refractivity contribution in [2.45, 2.75) is 19.4 Å². The minimum atomic E-state index is 0.586. The molecule has 1 aromatic rings. The molecule has 1 aliphatic heterocycles. The van der Waals surface area contributed by atoms with Crippen molar-refractivity contribution < 1.29 is 14.2 Å². The van der Waals surface area contributed by atoms with Gasteiger partial charge in [0.15, 0.2) is 11.5 Å². The van der Waals surface area contributed by atoms with Crippen molar-refractivity contribution in [2.75, 3.05) is 46.4 Å². The maximum atomic E-state index is 5.44. The largest absolute Gasteiger partial charge is 0.493 e. The van der Waals surface area contributed by atoms with Crippen LogP contribution in [0.2, 0.25) is 0 Å². The minimum Gasteiger partial charge on any atom is -0.493 e. The zero-order valence-corrected chi connectivity index (χ0v) is 13.6. The summed E-state index contributed by atoms with van der Waals surface area (Å²) in [5.41, 5.74) is 1.12. The zero-order valence-electron chi connectivity index (χ0n) is 13.6. The Morgan fingerprint density at radius 3 is 2.14 bits per heavy atom. The number of piperidine rings is 1. The Morgan fingerprint density at radius 2 is 1.71 bits per heavy atom. The van der Waals surface area contributed by atoms with E-state index in [-0.39, 0.29) is 0 Å². The van der Waals surface area contributed by atoms with Gasteiger partial charge in [0.1, 0.15) is 0 Å². The van der Waals surface area contributed by atoms with Gasteiger partial charge in [-0.15, -0.1) is 0 Å². The molecule has 5 heteroatoms. The monoisotopic (exact) mass is 294 g/mol. The zero-order chi connectivity index (χ0) is 15.4. The molecule has 1 N–H and O–H groups in total. The van der Waals surface area contributed by atoms with Crippen molar-refractivity contribution in [3.8, 4) is 17.2 Å². The standard InChI is InChI=1S/C16H26N2O3/c1-11-10-18(7-6-13(11)17-2)12-8-14(19-3)16(21-5)15(9-12)20-4/h8-9,11,13,17H,6-7,10H2,1-5H3. The molecule has 0 bridgehead atoms. The third-order valence-electron chi connectivity index (χ3n) is 4.29. The topological polar surface area (TPSA) is 43.0 Å². The number of methoxy groups -OCH3 is 3. The van der Waals surface area contributed by atoms with Crippen LogP contribution in [0.3, 0.4) is 0 Å². The number of ether oxygens (including phenoxy) is 3. The Balaban J connectivity index is 2.28. The van der Waals surface area contributed by atoms with Crippen LogP contribution in [0.15, 0.2) is 12.1 Å². The van der Waals surface area contributed by atoms with Crippen molar-refractivity contribution in [1.82, 2.24) is 5.32 Å². The van der Waals surface area contributed by atoms with Gasteiger partial charge in [-0.2, -0.15) is 0 Å². The first-order valence-corrected chi connectivity index (χ1v) is 7.36. The van der Waals surface area contributed by atoms with Crippen LogP contribution in [-0.2, 0) is 0 Å². The summed E-state index contributed by atoms with van der Waals surface area (Å²) in [6.45, 7) is 4.32. The quantitative estimate of drug-likeness (QED) is 0.901. The van der Waals surface area contributed by atoms with Gasteiger partial charge in [-0.3, -0.25) is 0 Å². The van der Waals surface area contributed by atoms with Crippen molar-refractivity contribution in [2.24, 2.45) is 5.92 Å². The molecule has 118 valence electrons. The Kier molecular flexibility index (Phi) is 5.17. The second-order valence-electron chi connectivity index (χ2n) is 5.49. The Hall–Kier alpha value is -1.62. The van der Waals surface area contributed by atoms with Crippen LogP contribution in [0.25, 0.3) is 0 Å². The first kappa shape index (κ1) is 15.8. The normalized spacial score (nSPS) is 22.0. The van der Waals surface area contributed by atoms with Crippen molar-refractivity contribution >= 4 is 5.69 Å². The van der Waals surface area contributed by atoms with E-state index in [0.717, 1.165) is 25.2 Å². The highest BCUT2D eigenvalue weighted by Gasteiger charge is 2.26. The SMILES string of the molecule is CNC1CCN(c2cc(OC)c(OC)c(OC)c2)CC1C. The van der Waals surface area contributed by atoms with E-state index in [0.29, 0.717) is 29.2 Å². The molecule has 0 aliphatic carbocycles. The van der Waals surface area contributed by atoms with Gasteiger partial charge in [0.25, 0.3) is 0 Å². The summed E-state index contributed by atoms with van der Waals surface area (Å²) in [6, 6.07) is 4.63. The predicted molar refractivity (Wildman–Crippen MR) is 84.9 cm³/mol. The lowest BCUT2D eigenvalue weighted by Gasteiger charge is -2.38. The molecule has 0 saturated carbocycles. The van der Waals surface area contributed by atoms with Crippen molar-refractivity contribution in [3.63, 3.8) is 0 Å². The molecule has 0 spiro atoms. The van der Waals surface area contributed by atoms with E-state index >= 15 is 0 Å². The van der Waals surface area contributed by atoms with E-state index in [9.17, 15) is 0 Å². The smallest absolute Gasteiger partial charge is 0.203 e. The Morgan fingerprint density at radius 1 is 1.10 bits per heavy atom. The summed E-state index contributed by atoms with van der Waals surface area (Å²) < 4.78 is 16.2. The Bertz CT molecular complexity index is 454. The summed E-state index contributed by atoms with van der Waals surface area (Å²) in [5.74, 6) is 2.65. The van der Waals surface area contributed by atoms with Crippen molar-refractivity contribution in [1.29, 1.82) is 0 Å². The molecule has 21 heavy (non-hydrogen) atoms. The van der Waals surface area contributed by atoms with Gasteiger partial charge in [-0.1, -0.05) is 6.92 Å². The molecule has 1 heterocycles. The second-order valence-corrected chi connectivity index (χ2v) is 5.49. The molecular formula is C16H26N2O3. The highest BCUT2D eigenvalue weighted by atomic mass is 16.5. The van der Waals surface area contributed by atoms with E-state index in [4.69, 9.17) is 14.2 Å². The highest BCUT2D eigenvalue weighted by Crippen LogP contribution is 2.41. The molecular weight excluding hydrogens is 268 g/mol. The maximum absolute atomic E-state index is 5.44. The number of hydrogen-bond donors (Lipinski definition) is 1. The first-order chi connectivity index (χ1) is 10.1.